The second-order valence-electron chi connectivity index (χ2n) is 4.04. The summed E-state index contributed by atoms with van der Waals surface area (Å²) in [5.41, 5.74) is 1.33. The normalized spacial score (nSPS) is 10.8. The van der Waals surface area contributed by atoms with Gasteiger partial charge in [-0.25, -0.2) is 4.98 Å². The van der Waals surface area contributed by atoms with Crippen LogP contribution in [-0.4, -0.2) is 21.2 Å². The molecule has 2 aromatic rings. The van der Waals surface area contributed by atoms with Crippen LogP contribution in [0.5, 0.6) is 11.5 Å². The Bertz CT molecular complexity index is 523. The van der Waals surface area contributed by atoms with E-state index in [4.69, 9.17) is 0 Å². The smallest absolute Gasteiger partial charge is 0.183 e. The summed E-state index contributed by atoms with van der Waals surface area (Å²) in [7, 11) is 0. The van der Waals surface area contributed by atoms with Crippen molar-refractivity contribution in [2.24, 2.45) is 0 Å². The van der Waals surface area contributed by atoms with E-state index in [2.05, 4.69) is 10.3 Å². The van der Waals surface area contributed by atoms with E-state index in [-0.39, 0.29) is 11.5 Å². The molecular formula is C12H14N2O2S. The molecule has 5 heteroatoms. The Kier molecular flexibility index (Phi) is 3.19. The van der Waals surface area contributed by atoms with Gasteiger partial charge in [-0.2, -0.15) is 0 Å². The molecule has 0 aliphatic heterocycles. The molecule has 1 aromatic heterocycles. The van der Waals surface area contributed by atoms with Crippen LogP contribution in [0, 0.1) is 0 Å². The van der Waals surface area contributed by atoms with Gasteiger partial charge < -0.3 is 15.5 Å². The van der Waals surface area contributed by atoms with E-state index >= 15 is 0 Å². The number of aromatic hydroxyl groups is 2. The number of hydrogen-bond acceptors (Lipinski definition) is 5. The maximum Gasteiger partial charge on any atom is 0.183 e. The molecular weight excluding hydrogens is 236 g/mol. The molecule has 0 spiro atoms. The molecule has 0 bridgehead atoms. The lowest BCUT2D eigenvalue weighted by Gasteiger charge is -2.05. The number of rotatable bonds is 3. The zero-order chi connectivity index (χ0) is 12.4. The lowest BCUT2D eigenvalue weighted by atomic mass is 10.1. The second-order valence-corrected chi connectivity index (χ2v) is 4.90. The van der Waals surface area contributed by atoms with Crippen molar-refractivity contribution in [3.8, 4) is 22.8 Å². The monoisotopic (exact) mass is 250 g/mol. The number of aromatic nitrogens is 1. The van der Waals surface area contributed by atoms with Gasteiger partial charge in [-0.05, 0) is 26.0 Å². The molecule has 17 heavy (non-hydrogen) atoms. The Balaban J connectivity index is 2.30. The largest absolute Gasteiger partial charge is 0.508 e. The summed E-state index contributed by atoms with van der Waals surface area (Å²) < 4.78 is 0. The van der Waals surface area contributed by atoms with Gasteiger partial charge in [-0.3, -0.25) is 0 Å². The van der Waals surface area contributed by atoms with E-state index in [1.54, 1.807) is 6.07 Å². The van der Waals surface area contributed by atoms with Crippen molar-refractivity contribution in [2.45, 2.75) is 19.9 Å². The highest BCUT2D eigenvalue weighted by atomic mass is 32.1. The molecule has 1 aromatic carbocycles. The van der Waals surface area contributed by atoms with Gasteiger partial charge >= 0.3 is 0 Å². The van der Waals surface area contributed by atoms with Gasteiger partial charge in [0.15, 0.2) is 5.13 Å². The van der Waals surface area contributed by atoms with Gasteiger partial charge in [0.25, 0.3) is 0 Å². The molecule has 0 fully saturated rings. The Morgan fingerprint density at radius 1 is 1.29 bits per heavy atom. The van der Waals surface area contributed by atoms with Gasteiger partial charge in [-0.15, -0.1) is 11.3 Å². The van der Waals surface area contributed by atoms with E-state index in [1.807, 2.05) is 19.2 Å². The fraction of sp³-hybridized carbons (Fsp3) is 0.250. The minimum Gasteiger partial charge on any atom is -0.508 e. The van der Waals surface area contributed by atoms with Gasteiger partial charge in [0, 0.05) is 23.1 Å². The van der Waals surface area contributed by atoms with E-state index in [1.165, 1.54) is 23.5 Å². The van der Waals surface area contributed by atoms with Crippen molar-refractivity contribution in [2.75, 3.05) is 5.32 Å². The quantitative estimate of drug-likeness (QED) is 0.783. The number of nitrogens with one attached hydrogen (secondary N) is 1. The molecule has 90 valence electrons. The minimum absolute atomic E-state index is 0.0337. The van der Waals surface area contributed by atoms with Gasteiger partial charge in [-0.1, -0.05) is 0 Å². The fourth-order valence-corrected chi connectivity index (χ4v) is 2.31. The highest BCUT2D eigenvalue weighted by molar-refractivity contribution is 7.14. The predicted molar refractivity (Wildman–Crippen MR) is 69.6 cm³/mol. The van der Waals surface area contributed by atoms with Crippen LogP contribution in [0.2, 0.25) is 0 Å². The van der Waals surface area contributed by atoms with Crippen LogP contribution in [0.3, 0.4) is 0 Å². The molecule has 0 unspecified atom stereocenters. The zero-order valence-corrected chi connectivity index (χ0v) is 10.5. The average Bonchev–Trinajstić information content (AvgIpc) is 2.65. The third kappa shape index (κ3) is 2.68. The minimum atomic E-state index is 0.0337. The first-order chi connectivity index (χ1) is 8.06. The fourth-order valence-electron chi connectivity index (χ4n) is 1.45. The van der Waals surface area contributed by atoms with Crippen molar-refractivity contribution in [3.63, 3.8) is 0 Å². The number of thiazole rings is 1. The third-order valence-electron chi connectivity index (χ3n) is 2.17. The first-order valence-corrected chi connectivity index (χ1v) is 6.18. The van der Waals surface area contributed by atoms with Crippen molar-refractivity contribution in [3.05, 3.63) is 23.6 Å². The number of nitrogens with zero attached hydrogens (tertiary/aromatic N) is 1. The molecule has 2 rings (SSSR count). The second kappa shape index (κ2) is 4.63. The van der Waals surface area contributed by atoms with Gasteiger partial charge in [0.1, 0.15) is 11.5 Å². The number of hydrogen-bond donors (Lipinski definition) is 3. The van der Waals surface area contributed by atoms with Crippen LogP contribution in [0.4, 0.5) is 5.13 Å². The van der Waals surface area contributed by atoms with Crippen LogP contribution >= 0.6 is 11.3 Å². The average molecular weight is 250 g/mol. The molecule has 0 amide bonds. The molecule has 3 N–H and O–H groups in total. The standard InChI is InChI=1S/C12H14N2O2S/c1-7(2)13-12-14-10(6-17-12)9-4-3-8(15)5-11(9)16/h3-7,15-16H,1-2H3,(H,13,14). The molecule has 0 saturated heterocycles. The Morgan fingerprint density at radius 2 is 2.06 bits per heavy atom. The van der Waals surface area contributed by atoms with Crippen molar-refractivity contribution in [1.82, 2.24) is 4.98 Å². The summed E-state index contributed by atoms with van der Waals surface area (Å²) >= 11 is 1.49. The molecule has 0 aliphatic rings. The summed E-state index contributed by atoms with van der Waals surface area (Å²) in [5.74, 6) is 0.0772. The molecule has 4 nitrogen and oxygen atoms in total. The topological polar surface area (TPSA) is 65.4 Å². The van der Waals surface area contributed by atoms with Crippen LogP contribution in [0.25, 0.3) is 11.3 Å². The van der Waals surface area contributed by atoms with Crippen LogP contribution in [-0.2, 0) is 0 Å². The molecule has 0 aliphatic carbocycles. The van der Waals surface area contributed by atoms with E-state index < -0.39 is 0 Å². The summed E-state index contributed by atoms with van der Waals surface area (Å²) in [6, 6.07) is 4.81. The Labute approximate surface area is 104 Å². The lowest BCUT2D eigenvalue weighted by Crippen LogP contribution is -2.08. The summed E-state index contributed by atoms with van der Waals surface area (Å²) in [5, 5.41) is 24.8. The van der Waals surface area contributed by atoms with E-state index in [0.717, 1.165) is 5.13 Å². The van der Waals surface area contributed by atoms with Gasteiger partial charge in [0.05, 0.1) is 5.69 Å². The summed E-state index contributed by atoms with van der Waals surface area (Å²) in [6.45, 7) is 4.08. The molecule has 0 atom stereocenters. The highest BCUT2D eigenvalue weighted by Gasteiger charge is 2.09. The van der Waals surface area contributed by atoms with E-state index in [9.17, 15) is 10.2 Å². The number of phenolic OH excluding ortho intramolecular Hbond substituents is 2. The number of benzene rings is 1. The molecule has 0 radical (unpaired) electrons. The van der Waals surface area contributed by atoms with Gasteiger partial charge in [0.2, 0.25) is 0 Å². The maximum absolute atomic E-state index is 9.72. The summed E-state index contributed by atoms with van der Waals surface area (Å²) in [4.78, 5) is 4.38. The maximum atomic E-state index is 9.72. The predicted octanol–water partition coefficient (Wildman–Crippen LogP) is 3.04. The third-order valence-corrected chi connectivity index (χ3v) is 2.95. The first kappa shape index (κ1) is 11.7. The highest BCUT2D eigenvalue weighted by Crippen LogP contribution is 2.33. The SMILES string of the molecule is CC(C)Nc1nc(-c2ccc(O)cc2O)cs1. The molecule has 0 saturated carbocycles. The van der Waals surface area contributed by atoms with Crippen LogP contribution in [0.15, 0.2) is 23.6 Å². The summed E-state index contributed by atoms with van der Waals surface area (Å²) in [6.07, 6.45) is 0. The number of phenols is 2. The number of anilines is 1. The van der Waals surface area contributed by atoms with Crippen molar-refractivity contribution < 1.29 is 10.2 Å². The Morgan fingerprint density at radius 3 is 2.71 bits per heavy atom. The van der Waals surface area contributed by atoms with E-state index in [0.29, 0.717) is 17.3 Å². The first-order valence-electron chi connectivity index (χ1n) is 5.30. The van der Waals surface area contributed by atoms with Crippen molar-refractivity contribution in [1.29, 1.82) is 0 Å². The lowest BCUT2D eigenvalue weighted by molar-refractivity contribution is 0.452. The molecule has 1 heterocycles. The van der Waals surface area contributed by atoms with Crippen molar-refractivity contribution >= 4 is 16.5 Å². The van der Waals surface area contributed by atoms with Crippen LogP contribution in [0.1, 0.15) is 13.8 Å². The Hall–Kier alpha value is -1.75. The zero-order valence-electron chi connectivity index (χ0n) is 9.64. The van der Waals surface area contributed by atoms with Crippen LogP contribution < -0.4 is 5.32 Å².